The molecule has 1 saturated carbocycles. The summed E-state index contributed by atoms with van der Waals surface area (Å²) in [5.41, 5.74) is 0. The number of aliphatic imine (C=N–C) groups is 1. The molecule has 0 bridgehead atoms. The van der Waals surface area contributed by atoms with Crippen LogP contribution in [0.4, 0.5) is 0 Å². The average Bonchev–Trinajstić information content (AvgIpc) is 2.06. The molecule has 11 heavy (non-hydrogen) atoms. The lowest BCUT2D eigenvalue weighted by Gasteiger charge is -2.25. The summed E-state index contributed by atoms with van der Waals surface area (Å²) in [6.45, 7) is 0. The molecule has 1 aliphatic rings. The van der Waals surface area contributed by atoms with Crippen molar-refractivity contribution < 1.29 is 4.79 Å². The topological polar surface area (TPSA) is 29.4 Å². The molecule has 2 nitrogen and oxygen atoms in total. The van der Waals surface area contributed by atoms with Gasteiger partial charge in [0.05, 0.1) is 6.04 Å². The third-order valence-corrected chi connectivity index (χ3v) is 3.34. The number of isocyanates is 1. The Labute approximate surface area is 71.5 Å². The van der Waals surface area contributed by atoms with E-state index < -0.39 is 0 Å². The van der Waals surface area contributed by atoms with E-state index in [4.69, 9.17) is 0 Å². The molecule has 3 heteroatoms. The summed E-state index contributed by atoms with van der Waals surface area (Å²) in [5, 5.41) is 0.560. The summed E-state index contributed by atoms with van der Waals surface area (Å²) in [5.74, 6) is 0. The number of rotatable bonds is 2. The molecule has 0 heterocycles. The first-order valence-corrected chi connectivity index (χ1v) is 5.27. The molecule has 0 aromatic rings. The first-order chi connectivity index (χ1) is 5.38. The van der Waals surface area contributed by atoms with Crippen molar-refractivity contribution in [2.24, 2.45) is 4.99 Å². The Morgan fingerprint density at radius 3 is 2.82 bits per heavy atom. The lowest BCUT2D eigenvalue weighted by Crippen LogP contribution is -2.24. The molecule has 1 aliphatic carbocycles. The first-order valence-electron chi connectivity index (χ1n) is 3.98. The van der Waals surface area contributed by atoms with Gasteiger partial charge in [-0.15, -0.1) is 0 Å². The van der Waals surface area contributed by atoms with Crippen LogP contribution in [0.15, 0.2) is 4.99 Å². The molecule has 0 amide bonds. The Morgan fingerprint density at radius 2 is 2.18 bits per heavy atom. The molecule has 0 saturated heterocycles. The largest absolute Gasteiger partial charge is 0.235 e. The average molecular weight is 171 g/mol. The lowest BCUT2D eigenvalue weighted by molar-refractivity contribution is 0.451. The Hall–Kier alpha value is -0.270. The van der Waals surface area contributed by atoms with E-state index in [1.165, 1.54) is 19.3 Å². The summed E-state index contributed by atoms with van der Waals surface area (Å²) in [6, 6.07) is 0.247. The van der Waals surface area contributed by atoms with Gasteiger partial charge in [0, 0.05) is 5.25 Å². The zero-order valence-electron chi connectivity index (χ0n) is 6.75. The maximum absolute atomic E-state index is 10.0. The fraction of sp³-hybridized carbons (Fsp3) is 0.875. The van der Waals surface area contributed by atoms with E-state index in [0.717, 1.165) is 6.42 Å². The van der Waals surface area contributed by atoms with Crippen LogP contribution in [0.2, 0.25) is 0 Å². The van der Waals surface area contributed by atoms with Gasteiger partial charge in [-0.2, -0.15) is 11.8 Å². The van der Waals surface area contributed by atoms with Crippen molar-refractivity contribution in [1.82, 2.24) is 0 Å². The summed E-state index contributed by atoms with van der Waals surface area (Å²) in [4.78, 5) is 13.8. The molecule has 2 unspecified atom stereocenters. The van der Waals surface area contributed by atoms with Crippen molar-refractivity contribution in [3.63, 3.8) is 0 Å². The van der Waals surface area contributed by atoms with Crippen molar-refractivity contribution in [2.45, 2.75) is 37.0 Å². The second-order valence-electron chi connectivity index (χ2n) is 2.85. The molecule has 0 aromatic heterocycles. The van der Waals surface area contributed by atoms with Gasteiger partial charge in [-0.25, -0.2) is 9.79 Å². The van der Waals surface area contributed by atoms with Crippen LogP contribution in [0.5, 0.6) is 0 Å². The van der Waals surface area contributed by atoms with Crippen molar-refractivity contribution in [1.29, 1.82) is 0 Å². The fourth-order valence-corrected chi connectivity index (χ4v) is 2.48. The van der Waals surface area contributed by atoms with Gasteiger partial charge in [-0.3, -0.25) is 0 Å². The molecule has 0 radical (unpaired) electrons. The molecule has 2 atom stereocenters. The highest BCUT2D eigenvalue weighted by Gasteiger charge is 2.23. The van der Waals surface area contributed by atoms with Crippen LogP contribution in [0.3, 0.4) is 0 Å². The number of hydrogen-bond donors (Lipinski definition) is 0. The van der Waals surface area contributed by atoms with Crippen LogP contribution in [-0.4, -0.2) is 23.6 Å². The molecular formula is C8H13NOS. The van der Waals surface area contributed by atoms with Crippen LogP contribution >= 0.6 is 11.8 Å². The van der Waals surface area contributed by atoms with Gasteiger partial charge in [0.25, 0.3) is 0 Å². The highest BCUT2D eigenvalue weighted by atomic mass is 32.2. The third-order valence-electron chi connectivity index (χ3n) is 2.19. The quantitative estimate of drug-likeness (QED) is 0.470. The predicted molar refractivity (Wildman–Crippen MR) is 47.7 cm³/mol. The summed E-state index contributed by atoms with van der Waals surface area (Å²) in [6.07, 6.45) is 8.53. The zero-order chi connectivity index (χ0) is 8.10. The number of hydrogen-bond acceptors (Lipinski definition) is 3. The SMILES string of the molecule is CSC1CCCCC1N=C=O. The molecular weight excluding hydrogens is 158 g/mol. The van der Waals surface area contributed by atoms with E-state index in [1.807, 2.05) is 11.8 Å². The van der Waals surface area contributed by atoms with E-state index >= 15 is 0 Å². The van der Waals surface area contributed by atoms with Crippen LogP contribution in [0.1, 0.15) is 25.7 Å². The van der Waals surface area contributed by atoms with Gasteiger partial charge in [-0.1, -0.05) is 12.8 Å². The molecule has 0 N–H and O–H groups in total. The van der Waals surface area contributed by atoms with Crippen molar-refractivity contribution in [3.8, 4) is 0 Å². The van der Waals surface area contributed by atoms with E-state index in [-0.39, 0.29) is 6.04 Å². The van der Waals surface area contributed by atoms with E-state index in [9.17, 15) is 4.79 Å². The smallest absolute Gasteiger partial charge is 0.211 e. The second-order valence-corrected chi connectivity index (χ2v) is 3.92. The normalized spacial score (nSPS) is 31.0. The lowest BCUT2D eigenvalue weighted by atomic mass is 9.95. The second kappa shape index (κ2) is 4.58. The minimum absolute atomic E-state index is 0.247. The molecule has 0 spiro atoms. The highest BCUT2D eigenvalue weighted by molar-refractivity contribution is 7.99. The summed E-state index contributed by atoms with van der Waals surface area (Å²) < 4.78 is 0. The zero-order valence-corrected chi connectivity index (χ0v) is 7.56. The summed E-state index contributed by atoms with van der Waals surface area (Å²) >= 11 is 1.82. The molecule has 1 rings (SSSR count). The van der Waals surface area contributed by atoms with E-state index in [2.05, 4.69) is 11.2 Å². The van der Waals surface area contributed by atoms with Gasteiger partial charge >= 0.3 is 0 Å². The van der Waals surface area contributed by atoms with Crippen molar-refractivity contribution in [2.75, 3.05) is 6.26 Å². The maximum Gasteiger partial charge on any atom is 0.235 e. The standard InChI is InChI=1S/C8H13NOS/c1-11-8-5-3-2-4-7(8)9-6-10/h7-8H,2-5H2,1H3. The third kappa shape index (κ3) is 2.35. The van der Waals surface area contributed by atoms with Gasteiger partial charge in [0.15, 0.2) is 0 Å². The fourth-order valence-electron chi connectivity index (χ4n) is 1.57. The van der Waals surface area contributed by atoms with Gasteiger partial charge in [0.2, 0.25) is 6.08 Å². The van der Waals surface area contributed by atoms with E-state index in [0.29, 0.717) is 5.25 Å². The molecule has 1 fully saturated rings. The van der Waals surface area contributed by atoms with Crippen LogP contribution < -0.4 is 0 Å². The Bertz CT molecular complexity index is 165. The minimum atomic E-state index is 0.247. The maximum atomic E-state index is 10.0. The van der Waals surface area contributed by atoms with Gasteiger partial charge < -0.3 is 0 Å². The Morgan fingerprint density at radius 1 is 1.45 bits per heavy atom. The molecule has 0 aliphatic heterocycles. The summed E-state index contributed by atoms with van der Waals surface area (Å²) in [7, 11) is 0. The molecule has 62 valence electrons. The minimum Gasteiger partial charge on any atom is -0.211 e. The molecule has 0 aromatic carbocycles. The predicted octanol–water partition coefficient (Wildman–Crippen LogP) is 2.00. The number of carbonyl (C=O) groups excluding carboxylic acids is 1. The van der Waals surface area contributed by atoms with Crippen LogP contribution in [0, 0.1) is 0 Å². The van der Waals surface area contributed by atoms with Crippen molar-refractivity contribution >= 4 is 17.8 Å². The van der Waals surface area contributed by atoms with E-state index in [1.54, 1.807) is 6.08 Å². The van der Waals surface area contributed by atoms with Crippen LogP contribution in [0.25, 0.3) is 0 Å². The number of thioether (sulfide) groups is 1. The van der Waals surface area contributed by atoms with Gasteiger partial charge in [-0.05, 0) is 19.1 Å². The van der Waals surface area contributed by atoms with Crippen molar-refractivity contribution in [3.05, 3.63) is 0 Å². The number of nitrogens with zero attached hydrogens (tertiary/aromatic N) is 1. The first kappa shape index (κ1) is 8.82. The Kier molecular flexibility index (Phi) is 3.67. The Balaban J connectivity index is 2.50. The van der Waals surface area contributed by atoms with Crippen LogP contribution in [-0.2, 0) is 4.79 Å². The van der Waals surface area contributed by atoms with Gasteiger partial charge in [0.1, 0.15) is 0 Å². The monoisotopic (exact) mass is 171 g/mol. The highest BCUT2D eigenvalue weighted by Crippen LogP contribution is 2.28.